The number of hydrogen-bond donors (Lipinski definition) is 3. The number of fused-ring (bicyclic) bond motifs is 3. The number of piperazine rings is 3. The molecule has 0 atom stereocenters. The highest BCUT2D eigenvalue weighted by Gasteiger charge is 2.38. The van der Waals surface area contributed by atoms with E-state index in [0.717, 1.165) is 0 Å². The highest BCUT2D eigenvalue weighted by atomic mass is 35.5. The molecule has 12 heterocycles. The van der Waals surface area contributed by atoms with Crippen molar-refractivity contribution in [2.24, 2.45) is 0 Å². The first-order valence-electron chi connectivity index (χ1n) is 41.2. The van der Waals surface area contributed by atoms with Gasteiger partial charge in [-0.2, -0.15) is 15.8 Å². The Morgan fingerprint density at radius 2 is 0.681 bits per heavy atom. The molecule has 12 aromatic rings. The summed E-state index contributed by atoms with van der Waals surface area (Å²) in [5, 5.41) is 48.6. The van der Waals surface area contributed by atoms with Crippen LogP contribution in [0.15, 0.2) is 107 Å². The number of halogens is 15. The number of rotatable bonds is 15. The van der Waals surface area contributed by atoms with Crippen LogP contribution in [0, 0.1) is 89.7 Å². The average Bonchev–Trinajstić information content (AvgIpc) is 0.728. The fourth-order valence-electron chi connectivity index (χ4n) is 16.5. The number of hydrogen-bond acceptors (Lipinski definition) is 21. The highest BCUT2D eigenvalue weighted by Crippen LogP contribution is 2.52. The second-order valence-corrected chi connectivity index (χ2v) is 35.6. The molecule has 3 amide bonds. The van der Waals surface area contributed by atoms with Crippen LogP contribution in [-0.4, -0.2) is 165 Å². The Balaban J connectivity index is 0.000000171. The van der Waals surface area contributed by atoms with Crippen molar-refractivity contribution < 1.29 is 50.9 Å². The van der Waals surface area contributed by atoms with Crippen molar-refractivity contribution in [2.75, 3.05) is 99.0 Å². The van der Waals surface area contributed by atoms with Crippen LogP contribution in [0.5, 0.6) is 11.5 Å². The van der Waals surface area contributed by atoms with E-state index in [4.69, 9.17) is 115 Å². The summed E-state index contributed by atoms with van der Waals surface area (Å²) < 4.78 is 92.5. The molecule has 3 aromatic carbocycles. The number of pyridine rings is 9. The summed E-state index contributed by atoms with van der Waals surface area (Å²) in [5.74, 6) is -11.5. The van der Waals surface area contributed by atoms with Crippen molar-refractivity contribution in [3.05, 3.63) is 255 Å². The number of nitrogens with zero attached hydrogens (tertiary/aromatic N) is 18. The molecule has 0 aliphatic carbocycles. The zero-order valence-electron chi connectivity index (χ0n) is 72.9. The topological polar surface area (TPSA) is 352 Å². The highest BCUT2D eigenvalue weighted by molar-refractivity contribution is 6.47. The summed E-state index contributed by atoms with van der Waals surface area (Å²) in [5.41, 5.74) is 4.49. The number of aromatic nitrogens is 9. The molecule has 0 saturated carbocycles. The molecule has 0 unspecified atom stereocenters. The molecule has 9 aromatic heterocycles. The van der Waals surface area contributed by atoms with Crippen LogP contribution in [-0.2, 0) is 14.4 Å². The zero-order valence-corrected chi connectivity index (χ0v) is 79.7. The number of aryl methyl sites for hydroxylation is 3. The third kappa shape index (κ3) is 17.8. The largest absolute Gasteiger partial charge is 0.506 e. The molecule has 4 N–H and O–H groups in total. The van der Waals surface area contributed by atoms with Gasteiger partial charge >= 0.3 is 0 Å². The Hall–Kier alpha value is -12.7. The number of phenols is 2. The third-order valence-electron chi connectivity index (χ3n) is 23.1. The Kier molecular flexibility index (Phi) is 29.6. The van der Waals surface area contributed by atoms with Gasteiger partial charge in [0.05, 0.1) is 115 Å². The molecular formula is C93H76Cl9F6N19O8. The van der Waals surface area contributed by atoms with Crippen molar-refractivity contribution >= 4 is 178 Å². The predicted molar refractivity (Wildman–Crippen MR) is 512 cm³/mol. The maximum absolute atomic E-state index is 15.4. The number of anilines is 4. The number of benzene rings is 3. The number of carbonyl (C=O) groups is 3. The minimum absolute atomic E-state index is 0.0210. The van der Waals surface area contributed by atoms with Gasteiger partial charge < -0.3 is 45.3 Å². The van der Waals surface area contributed by atoms with Crippen LogP contribution < -0.4 is 37.1 Å². The van der Waals surface area contributed by atoms with E-state index in [1.807, 2.05) is 58.6 Å². The minimum atomic E-state index is -1.56. The Morgan fingerprint density at radius 1 is 0.400 bits per heavy atom. The molecule has 15 rings (SSSR count). The smallest absolute Gasteiger partial charge is 0.276 e. The van der Waals surface area contributed by atoms with Crippen LogP contribution in [0.2, 0.25) is 45.2 Å². The Labute approximate surface area is 811 Å². The second-order valence-electron chi connectivity index (χ2n) is 32.1. The SMILES string of the molecule is C=CC(=O)N1CCN(c2c(C#N)c(=O)n(-c3c(C)ccnc3C(C)C)c3nc(-c4c(F)c(N)c(F)c(Cl)c4F)c(Cl)cc23)CC1.C=CC(=O)N1CCN(c2c(C#N)c(=O)n(-c3c(C)ccnc3C(C)C)c3nc(-c4c(O)c(Cl)c(F)c(Cl)c4Cl)c(Cl)cc23)CC1.C=CC(=O)N1CCN(c2c(C#N)c(=O)n(-c3c(C)ccnc3C(C)C)c3nc(-c4c(O)c(Cl)c(F)c(F)c4Cl)c(Cl)cc23)CC1. The van der Waals surface area contributed by atoms with Gasteiger partial charge in [0, 0.05) is 113 Å². The summed E-state index contributed by atoms with van der Waals surface area (Å²) in [4.78, 5) is 117. The standard InChI is InChI=1S/C31H25Cl4FN6O3.C31H25Cl3F2N6O3.C31H26Cl2F3N7O2/c1-5-19(43)40-8-10-41(11-9-40)28-16-12-18(32)26(20-21(33)22(34)24(36)23(35)29(20)44)39-30(16)42(31(45)17(28)13-37)27-15(4)6-7-38-25(27)14(2)3;1-5-19(43)40-8-10-41(11-9-40)28-16-12-18(32)26(20-21(33)23(35)24(36)22(34)29(20)44)39-30(16)42(31(45)17(28)13-37)27-15(4)6-7-38-25(27)14(2)3;1-5-19(44)41-8-10-42(11-9-41)29-16-12-18(32)27(20-22(34)21(33)24(36)25(38)23(20)35)40-30(16)43(31(45)17(29)13-37)28-15(4)6-7-39-26(28)14(2)3/h2*5-7,12,14,44H,1,8-11H2,2-4H3;5-7,12,14H,1,8-11,38H2,2-4H3. The lowest BCUT2D eigenvalue weighted by Crippen LogP contribution is -2.49. The van der Waals surface area contributed by atoms with Gasteiger partial charge in [-0.3, -0.25) is 57.4 Å². The molecule has 42 heteroatoms. The average molecular weight is 2020 g/mol. The number of amides is 3. The number of nitriles is 3. The molecule has 3 aliphatic rings. The van der Waals surface area contributed by atoms with Crippen molar-refractivity contribution in [1.82, 2.24) is 58.3 Å². The maximum Gasteiger partial charge on any atom is 0.276 e. The fourth-order valence-corrected chi connectivity index (χ4v) is 18.5. The van der Waals surface area contributed by atoms with Gasteiger partial charge in [0.15, 0.2) is 34.9 Å². The van der Waals surface area contributed by atoms with Crippen molar-refractivity contribution in [1.29, 1.82) is 15.8 Å². The molecular weight excluding hydrogens is 1940 g/mol. The van der Waals surface area contributed by atoms with Crippen LogP contribution in [0.25, 0.3) is 83.9 Å². The molecule has 135 heavy (non-hydrogen) atoms. The van der Waals surface area contributed by atoms with Crippen LogP contribution in [0.1, 0.15) is 110 Å². The second kappa shape index (κ2) is 40.1. The lowest BCUT2D eigenvalue weighted by atomic mass is 10.0. The third-order valence-corrected chi connectivity index (χ3v) is 26.1. The molecule has 3 saturated heterocycles. The molecule has 696 valence electrons. The number of phenolic OH excluding ortho intramolecular Hbond substituents is 2. The number of nitrogen functional groups attached to an aromatic ring is 1. The Bertz CT molecular complexity index is 6650. The number of aromatic hydroxyl groups is 2. The van der Waals surface area contributed by atoms with Gasteiger partial charge in [-0.25, -0.2) is 41.3 Å². The number of nitrogens with two attached hydrogens (primary N) is 1. The van der Waals surface area contributed by atoms with Crippen LogP contribution in [0.4, 0.5) is 49.1 Å². The molecule has 0 radical (unpaired) electrons. The molecule has 27 nitrogen and oxygen atoms in total. The summed E-state index contributed by atoms with van der Waals surface area (Å²) in [6, 6.07) is 15.5. The van der Waals surface area contributed by atoms with Crippen LogP contribution >= 0.6 is 104 Å². The first-order chi connectivity index (χ1) is 64.0. The summed E-state index contributed by atoms with van der Waals surface area (Å²) in [7, 11) is 0. The summed E-state index contributed by atoms with van der Waals surface area (Å²) in [6.45, 7) is 30.6. The van der Waals surface area contributed by atoms with Gasteiger partial charge in [0.2, 0.25) is 17.7 Å². The van der Waals surface area contributed by atoms with Crippen molar-refractivity contribution in [2.45, 2.75) is 80.1 Å². The fraction of sp³-hybridized carbons (Fsp3) is 0.258. The van der Waals surface area contributed by atoms with Gasteiger partial charge in [-0.15, -0.1) is 0 Å². The first-order valence-corrected chi connectivity index (χ1v) is 44.6. The minimum Gasteiger partial charge on any atom is -0.506 e. The van der Waals surface area contributed by atoms with E-state index < -0.39 is 116 Å². The van der Waals surface area contributed by atoms with Gasteiger partial charge in [0.25, 0.3) is 16.7 Å². The van der Waals surface area contributed by atoms with E-state index in [1.165, 1.54) is 50.1 Å². The lowest BCUT2D eigenvalue weighted by Gasteiger charge is -2.36. The monoisotopic (exact) mass is 2020 g/mol. The summed E-state index contributed by atoms with van der Waals surface area (Å²) in [6.07, 6.45) is 8.45. The molecule has 3 fully saturated rings. The maximum atomic E-state index is 15.4. The van der Waals surface area contributed by atoms with E-state index in [1.54, 1.807) is 82.1 Å². The normalized spacial score (nSPS) is 13.4. The quantitative estimate of drug-likeness (QED) is 0.0282. The van der Waals surface area contributed by atoms with Crippen LogP contribution in [0.3, 0.4) is 0 Å². The summed E-state index contributed by atoms with van der Waals surface area (Å²) >= 11 is 56.5. The van der Waals surface area contributed by atoms with E-state index >= 15 is 8.78 Å². The lowest BCUT2D eigenvalue weighted by molar-refractivity contribution is -0.127. The molecule has 3 aliphatic heterocycles. The van der Waals surface area contributed by atoms with E-state index in [-0.39, 0.29) is 181 Å². The van der Waals surface area contributed by atoms with E-state index in [0.29, 0.717) is 82.4 Å². The number of carbonyl (C=O) groups excluding carboxylic acids is 3. The predicted octanol–water partition coefficient (Wildman–Crippen LogP) is 19.5. The van der Waals surface area contributed by atoms with Gasteiger partial charge in [0.1, 0.15) is 84.1 Å². The van der Waals surface area contributed by atoms with Crippen molar-refractivity contribution in [3.63, 3.8) is 0 Å². The van der Waals surface area contributed by atoms with Gasteiger partial charge in [-0.05, 0) is 110 Å². The van der Waals surface area contributed by atoms with E-state index in [2.05, 4.69) is 50.7 Å². The Morgan fingerprint density at radius 3 is 0.970 bits per heavy atom. The van der Waals surface area contributed by atoms with Crippen molar-refractivity contribution in [3.8, 4) is 80.5 Å². The zero-order chi connectivity index (χ0) is 98.7. The first kappa shape index (κ1) is 99.7. The molecule has 0 spiro atoms. The molecule has 0 bridgehead atoms. The van der Waals surface area contributed by atoms with Gasteiger partial charge in [-0.1, -0.05) is 166 Å². The van der Waals surface area contributed by atoms with E-state index in [9.17, 15) is 72.3 Å².